The molecule has 3 rings (SSSR count). The Morgan fingerprint density at radius 1 is 1.15 bits per heavy atom. The van der Waals surface area contributed by atoms with Gasteiger partial charge in [0.05, 0.1) is 15.5 Å². The van der Waals surface area contributed by atoms with Crippen LogP contribution < -0.4 is 5.43 Å². The molecular weight excluding hydrogens is 400 g/mol. The predicted molar refractivity (Wildman–Crippen MR) is 114 cm³/mol. The molecule has 27 heavy (non-hydrogen) atoms. The Balaban J connectivity index is 1.76. The molecule has 7 heteroatoms. The van der Waals surface area contributed by atoms with Crippen molar-refractivity contribution in [3.05, 3.63) is 87.3 Å². The highest BCUT2D eigenvalue weighted by Crippen LogP contribution is 2.31. The summed E-state index contributed by atoms with van der Waals surface area (Å²) in [6.45, 7) is 1.90. The van der Waals surface area contributed by atoms with Crippen molar-refractivity contribution in [2.24, 2.45) is 0 Å². The summed E-state index contributed by atoms with van der Waals surface area (Å²) in [4.78, 5) is 25.5. The number of allylic oxidation sites excluding steroid dienone is 2. The first-order valence-corrected chi connectivity index (χ1v) is 9.63. The van der Waals surface area contributed by atoms with E-state index in [1.807, 2.05) is 43.3 Å². The molecule has 4 nitrogen and oxygen atoms in total. The number of nitrogens with one attached hydrogen (secondary N) is 1. The number of nitrogens with zero attached hydrogens (tertiary/aromatic N) is 1. The zero-order valence-electron chi connectivity index (χ0n) is 14.3. The Kier molecular flexibility index (Phi) is 6.11. The third-order valence-corrected chi connectivity index (χ3v) is 5.31. The molecule has 0 unspecified atom stereocenters. The summed E-state index contributed by atoms with van der Waals surface area (Å²) in [7, 11) is 0. The van der Waals surface area contributed by atoms with Gasteiger partial charge in [0.1, 0.15) is 0 Å². The molecule has 0 aromatic heterocycles. The lowest BCUT2D eigenvalue weighted by Crippen LogP contribution is -2.44. The highest BCUT2D eigenvalue weighted by atomic mass is 35.5. The minimum Gasteiger partial charge on any atom is -0.267 e. The highest BCUT2D eigenvalue weighted by Gasteiger charge is 2.34. The number of carbonyl (C=O) groups is 2. The number of thioether (sulfide) groups is 1. The number of carbonyl (C=O) groups excluding carboxylic acids is 2. The van der Waals surface area contributed by atoms with E-state index in [-0.39, 0.29) is 15.8 Å². The molecule has 1 aliphatic rings. The molecule has 0 aliphatic carbocycles. The molecule has 2 amide bonds. The highest BCUT2D eigenvalue weighted by molar-refractivity contribution is 8.26. The topological polar surface area (TPSA) is 49.4 Å². The maximum atomic E-state index is 12.6. The van der Waals surface area contributed by atoms with Gasteiger partial charge in [0.15, 0.2) is 4.32 Å². The van der Waals surface area contributed by atoms with E-state index in [0.717, 1.165) is 27.9 Å². The predicted octanol–water partition coefficient (Wildman–Crippen LogP) is 4.83. The van der Waals surface area contributed by atoms with Crippen LogP contribution in [0, 0.1) is 0 Å². The van der Waals surface area contributed by atoms with Gasteiger partial charge < -0.3 is 0 Å². The van der Waals surface area contributed by atoms with Gasteiger partial charge in [0.25, 0.3) is 11.8 Å². The fraction of sp³-hybridized carbons (Fsp3) is 0.0500. The van der Waals surface area contributed by atoms with Gasteiger partial charge >= 0.3 is 0 Å². The molecule has 1 N–H and O–H groups in total. The smallest absolute Gasteiger partial charge is 0.267 e. The third kappa shape index (κ3) is 4.66. The maximum absolute atomic E-state index is 12.6. The zero-order valence-corrected chi connectivity index (χ0v) is 16.7. The molecule has 136 valence electrons. The lowest BCUT2D eigenvalue weighted by atomic mass is 10.1. The number of rotatable bonds is 4. The van der Waals surface area contributed by atoms with Crippen LogP contribution in [0.1, 0.15) is 22.8 Å². The van der Waals surface area contributed by atoms with Crippen molar-refractivity contribution in [3.63, 3.8) is 0 Å². The summed E-state index contributed by atoms with van der Waals surface area (Å²) in [5.41, 5.74) is 4.74. The van der Waals surface area contributed by atoms with Crippen molar-refractivity contribution in [1.29, 1.82) is 0 Å². The molecule has 0 saturated carbocycles. The number of amides is 2. The Morgan fingerprint density at radius 3 is 2.52 bits per heavy atom. The van der Waals surface area contributed by atoms with Gasteiger partial charge in [-0.15, -0.1) is 0 Å². The van der Waals surface area contributed by atoms with Gasteiger partial charge in [-0.05, 0) is 48.5 Å². The van der Waals surface area contributed by atoms with E-state index in [0.29, 0.717) is 9.93 Å². The molecule has 2 aromatic carbocycles. The van der Waals surface area contributed by atoms with Gasteiger partial charge in [0.2, 0.25) is 0 Å². The second-order valence-corrected chi connectivity index (χ2v) is 7.82. The summed E-state index contributed by atoms with van der Waals surface area (Å²) >= 11 is 12.4. The Morgan fingerprint density at radius 2 is 1.81 bits per heavy atom. The first-order valence-electron chi connectivity index (χ1n) is 8.02. The standard InChI is InChI=1S/C20H15ClN2O2S2/c1-13(11-14-7-3-2-4-8-14)12-17-19(25)23(20(26)27-17)22-18(24)15-9-5-6-10-16(15)21/h2-12H,1H3,(H,22,24). The van der Waals surface area contributed by atoms with Crippen LogP contribution in [0.25, 0.3) is 6.08 Å². The van der Waals surface area contributed by atoms with E-state index in [1.54, 1.807) is 30.3 Å². The van der Waals surface area contributed by atoms with Crippen molar-refractivity contribution < 1.29 is 9.59 Å². The molecule has 0 bridgehead atoms. The molecule has 2 aromatic rings. The number of halogens is 1. The lowest BCUT2D eigenvalue weighted by Gasteiger charge is -2.16. The van der Waals surface area contributed by atoms with Crippen LogP contribution in [0.4, 0.5) is 0 Å². The van der Waals surface area contributed by atoms with Gasteiger partial charge in [0, 0.05) is 0 Å². The summed E-state index contributed by atoms with van der Waals surface area (Å²) in [5.74, 6) is -0.860. The summed E-state index contributed by atoms with van der Waals surface area (Å²) in [5, 5.41) is 1.38. The van der Waals surface area contributed by atoms with Crippen molar-refractivity contribution in [1.82, 2.24) is 10.4 Å². The molecule has 0 radical (unpaired) electrons. The average molecular weight is 415 g/mol. The first-order chi connectivity index (χ1) is 13.0. The van der Waals surface area contributed by atoms with Crippen molar-refractivity contribution in [2.45, 2.75) is 6.92 Å². The molecule has 0 atom stereocenters. The first kappa shape index (κ1) is 19.4. The quantitative estimate of drug-likeness (QED) is 0.575. The van der Waals surface area contributed by atoms with Crippen LogP contribution in [0.15, 0.2) is 71.2 Å². The maximum Gasteiger partial charge on any atom is 0.285 e. The molecule has 1 saturated heterocycles. The summed E-state index contributed by atoms with van der Waals surface area (Å²) in [6.07, 6.45) is 3.73. The summed E-state index contributed by atoms with van der Waals surface area (Å²) in [6, 6.07) is 16.4. The third-order valence-electron chi connectivity index (χ3n) is 3.68. The van der Waals surface area contributed by atoms with Crippen LogP contribution in [0.5, 0.6) is 0 Å². The normalized spacial score (nSPS) is 16.1. The average Bonchev–Trinajstić information content (AvgIpc) is 2.90. The second-order valence-electron chi connectivity index (χ2n) is 5.74. The fourth-order valence-corrected chi connectivity index (χ4v) is 3.88. The van der Waals surface area contributed by atoms with Crippen molar-refractivity contribution in [3.8, 4) is 0 Å². The second kappa shape index (κ2) is 8.52. The minimum atomic E-state index is -0.491. The zero-order chi connectivity index (χ0) is 19.4. The number of thiocarbonyl (C=S) groups is 1. The SMILES string of the molecule is CC(=Cc1ccccc1)C=C1SC(=S)N(NC(=O)c2ccccc2Cl)C1=O. The van der Waals surface area contributed by atoms with E-state index in [9.17, 15) is 9.59 Å². The number of hydrazine groups is 1. The van der Waals surface area contributed by atoms with E-state index in [4.69, 9.17) is 23.8 Å². The largest absolute Gasteiger partial charge is 0.285 e. The van der Waals surface area contributed by atoms with Crippen molar-refractivity contribution >= 4 is 57.8 Å². The monoisotopic (exact) mass is 414 g/mol. The van der Waals surface area contributed by atoms with Gasteiger partial charge in [-0.25, -0.2) is 0 Å². The molecule has 1 heterocycles. The van der Waals surface area contributed by atoms with Crippen LogP contribution >= 0.6 is 35.6 Å². The Hall–Kier alpha value is -2.41. The van der Waals surface area contributed by atoms with Crippen LogP contribution in [0.2, 0.25) is 5.02 Å². The van der Waals surface area contributed by atoms with Crippen molar-refractivity contribution in [2.75, 3.05) is 0 Å². The lowest BCUT2D eigenvalue weighted by molar-refractivity contribution is -0.123. The van der Waals surface area contributed by atoms with E-state index < -0.39 is 5.91 Å². The number of hydrogen-bond acceptors (Lipinski definition) is 4. The van der Waals surface area contributed by atoms with Gasteiger partial charge in [-0.1, -0.05) is 71.9 Å². The molecular formula is C20H15ClN2O2S2. The van der Waals surface area contributed by atoms with Gasteiger partial charge in [-0.3, -0.25) is 15.0 Å². The van der Waals surface area contributed by atoms with Gasteiger partial charge in [-0.2, -0.15) is 5.01 Å². The Labute approximate surface area is 171 Å². The number of benzene rings is 2. The minimum absolute atomic E-state index is 0.263. The van der Waals surface area contributed by atoms with E-state index in [2.05, 4.69) is 5.43 Å². The summed E-state index contributed by atoms with van der Waals surface area (Å²) < 4.78 is 0.263. The van der Waals surface area contributed by atoms with Crippen LogP contribution in [0.3, 0.4) is 0 Å². The van der Waals surface area contributed by atoms with Crippen LogP contribution in [-0.4, -0.2) is 21.1 Å². The molecule has 1 fully saturated rings. The molecule has 1 aliphatic heterocycles. The van der Waals surface area contributed by atoms with E-state index >= 15 is 0 Å². The molecule has 0 spiro atoms. The Bertz CT molecular complexity index is 971. The van der Waals surface area contributed by atoms with Crippen LogP contribution in [-0.2, 0) is 4.79 Å². The fourth-order valence-electron chi connectivity index (χ4n) is 2.43. The number of hydrogen-bond donors (Lipinski definition) is 1. The van der Waals surface area contributed by atoms with E-state index in [1.165, 1.54) is 0 Å².